The zero-order valence-corrected chi connectivity index (χ0v) is 8.48. The maximum absolute atomic E-state index is 11.3. The van der Waals surface area contributed by atoms with Gasteiger partial charge < -0.3 is 9.47 Å². The van der Waals surface area contributed by atoms with E-state index in [1.807, 2.05) is 13.0 Å². The van der Waals surface area contributed by atoms with Gasteiger partial charge in [0.25, 0.3) is 0 Å². The predicted molar refractivity (Wildman–Crippen MR) is 48.9 cm³/mol. The van der Waals surface area contributed by atoms with Crippen LogP contribution >= 0.6 is 0 Å². The lowest BCUT2D eigenvalue weighted by molar-refractivity contribution is -0.160. The van der Waals surface area contributed by atoms with E-state index >= 15 is 0 Å². The van der Waals surface area contributed by atoms with E-state index in [1.165, 1.54) is 14.0 Å². The number of methoxy groups -OCH3 is 1. The van der Waals surface area contributed by atoms with Crippen molar-refractivity contribution >= 4 is 5.78 Å². The minimum absolute atomic E-state index is 0.0117. The van der Waals surface area contributed by atoms with E-state index in [0.717, 1.165) is 0 Å². The van der Waals surface area contributed by atoms with Crippen LogP contribution < -0.4 is 0 Å². The van der Waals surface area contributed by atoms with Crippen LogP contribution in [0, 0.1) is 23.2 Å². The molecule has 0 aromatic heterocycles. The normalized spacial score (nSPS) is 31.3. The van der Waals surface area contributed by atoms with Crippen molar-refractivity contribution in [1.82, 2.24) is 0 Å². The number of hydrogen-bond acceptors (Lipinski definition) is 4. The van der Waals surface area contributed by atoms with Crippen LogP contribution in [0.25, 0.3) is 0 Å². The van der Waals surface area contributed by atoms with Crippen LogP contribution in [0.4, 0.5) is 0 Å². The third-order valence-electron chi connectivity index (χ3n) is 2.33. The number of nitriles is 1. The van der Waals surface area contributed by atoms with Crippen molar-refractivity contribution in [3.05, 3.63) is 11.8 Å². The van der Waals surface area contributed by atoms with Crippen LogP contribution in [-0.2, 0) is 14.3 Å². The van der Waals surface area contributed by atoms with Gasteiger partial charge in [-0.2, -0.15) is 5.26 Å². The maximum Gasteiger partial charge on any atom is 0.210 e. The van der Waals surface area contributed by atoms with Crippen LogP contribution in [0.2, 0.25) is 0 Å². The van der Waals surface area contributed by atoms with E-state index < -0.39 is 6.29 Å². The second kappa shape index (κ2) is 4.25. The molecule has 1 heterocycles. The Bertz CT molecular complexity index is 303. The number of carbonyl (C=O) groups is 1. The number of ketones is 1. The number of hydrogen-bond donors (Lipinski definition) is 0. The Hall–Kier alpha value is -1.34. The zero-order valence-electron chi connectivity index (χ0n) is 8.48. The number of nitrogens with zero attached hydrogens (tertiary/aromatic N) is 1. The summed E-state index contributed by atoms with van der Waals surface area (Å²) < 4.78 is 10.2. The number of ether oxygens (including phenoxy) is 2. The molecule has 1 aliphatic rings. The SMILES string of the molecule is COC1OC(C#N)=CC(C)C1C(C)=O. The van der Waals surface area contributed by atoms with Gasteiger partial charge in [0.15, 0.2) is 5.76 Å². The lowest BCUT2D eigenvalue weighted by atomic mass is 9.88. The second-order valence-electron chi connectivity index (χ2n) is 3.36. The van der Waals surface area contributed by atoms with Crippen molar-refractivity contribution < 1.29 is 14.3 Å². The maximum atomic E-state index is 11.3. The van der Waals surface area contributed by atoms with Crippen molar-refractivity contribution in [2.75, 3.05) is 7.11 Å². The molecule has 76 valence electrons. The molecule has 0 aromatic rings. The third-order valence-corrected chi connectivity index (χ3v) is 2.33. The van der Waals surface area contributed by atoms with Crippen LogP contribution in [0.15, 0.2) is 11.8 Å². The van der Waals surface area contributed by atoms with Gasteiger partial charge in [-0.3, -0.25) is 4.79 Å². The summed E-state index contributed by atoms with van der Waals surface area (Å²) in [6, 6.07) is 1.91. The molecule has 3 atom stereocenters. The number of allylic oxidation sites excluding steroid dienone is 2. The molecule has 0 bridgehead atoms. The first kappa shape index (κ1) is 10.7. The Morgan fingerprint density at radius 3 is 2.79 bits per heavy atom. The molecule has 0 radical (unpaired) electrons. The lowest BCUT2D eigenvalue weighted by Gasteiger charge is -2.31. The summed E-state index contributed by atoms with van der Waals surface area (Å²) in [7, 11) is 1.47. The first-order valence-corrected chi connectivity index (χ1v) is 4.42. The number of Topliss-reactive ketones (excluding diaryl/α,β-unsaturated/α-hetero) is 1. The fourth-order valence-corrected chi connectivity index (χ4v) is 1.65. The molecule has 0 aliphatic carbocycles. The zero-order chi connectivity index (χ0) is 10.7. The summed E-state index contributed by atoms with van der Waals surface area (Å²) in [6.07, 6.45) is 1.02. The molecule has 1 aliphatic heterocycles. The van der Waals surface area contributed by atoms with Crippen LogP contribution in [0.1, 0.15) is 13.8 Å². The van der Waals surface area contributed by atoms with E-state index in [2.05, 4.69) is 0 Å². The molecule has 0 spiro atoms. The van der Waals surface area contributed by atoms with E-state index in [1.54, 1.807) is 6.08 Å². The van der Waals surface area contributed by atoms with Crippen LogP contribution in [-0.4, -0.2) is 19.2 Å². The van der Waals surface area contributed by atoms with Gasteiger partial charge in [0, 0.05) is 7.11 Å². The average molecular weight is 195 g/mol. The van der Waals surface area contributed by atoms with Crippen molar-refractivity contribution in [2.24, 2.45) is 11.8 Å². The molecule has 0 amide bonds. The Labute approximate surface area is 83.1 Å². The van der Waals surface area contributed by atoms with E-state index in [9.17, 15) is 4.79 Å². The molecule has 4 nitrogen and oxygen atoms in total. The Kier molecular flexibility index (Phi) is 3.26. The molecule has 1 rings (SSSR count). The highest BCUT2D eigenvalue weighted by Crippen LogP contribution is 2.28. The Morgan fingerprint density at radius 2 is 2.36 bits per heavy atom. The molecule has 0 saturated heterocycles. The van der Waals surface area contributed by atoms with Crippen molar-refractivity contribution in [1.29, 1.82) is 5.26 Å². The van der Waals surface area contributed by atoms with Crippen LogP contribution in [0.5, 0.6) is 0 Å². The molecule has 0 saturated carbocycles. The molecule has 0 fully saturated rings. The summed E-state index contributed by atoms with van der Waals surface area (Å²) in [6.45, 7) is 3.37. The highest BCUT2D eigenvalue weighted by Gasteiger charge is 2.35. The smallest absolute Gasteiger partial charge is 0.210 e. The summed E-state index contributed by atoms with van der Waals surface area (Å²) in [5, 5.41) is 8.66. The molecule has 14 heavy (non-hydrogen) atoms. The molecule has 0 aromatic carbocycles. The molecule has 4 heteroatoms. The summed E-state index contributed by atoms with van der Waals surface area (Å²) in [5.74, 6) is -0.114. The summed E-state index contributed by atoms with van der Waals surface area (Å²) in [5.41, 5.74) is 0. The average Bonchev–Trinajstić information content (AvgIpc) is 2.15. The second-order valence-corrected chi connectivity index (χ2v) is 3.36. The van der Waals surface area contributed by atoms with Crippen molar-refractivity contribution in [3.63, 3.8) is 0 Å². The quantitative estimate of drug-likeness (QED) is 0.665. The van der Waals surface area contributed by atoms with Gasteiger partial charge in [-0.1, -0.05) is 6.92 Å². The van der Waals surface area contributed by atoms with E-state index in [4.69, 9.17) is 14.7 Å². The Morgan fingerprint density at radius 1 is 1.71 bits per heavy atom. The van der Waals surface area contributed by atoms with Crippen molar-refractivity contribution in [3.8, 4) is 6.07 Å². The molecular weight excluding hydrogens is 182 g/mol. The lowest BCUT2D eigenvalue weighted by Crippen LogP contribution is -2.37. The largest absolute Gasteiger partial charge is 0.454 e. The highest BCUT2D eigenvalue weighted by atomic mass is 16.7. The number of rotatable bonds is 2. The van der Waals surface area contributed by atoms with Gasteiger partial charge in [0.2, 0.25) is 6.29 Å². The van der Waals surface area contributed by atoms with Gasteiger partial charge in [0.1, 0.15) is 11.9 Å². The Balaban J connectivity index is 2.93. The standard InChI is InChI=1S/C10H13NO3/c1-6-4-8(5-11)14-10(13-3)9(6)7(2)12/h4,6,9-10H,1-3H3. The van der Waals surface area contributed by atoms with Crippen molar-refractivity contribution in [2.45, 2.75) is 20.1 Å². The van der Waals surface area contributed by atoms with Crippen LogP contribution in [0.3, 0.4) is 0 Å². The highest BCUT2D eigenvalue weighted by molar-refractivity contribution is 5.79. The van der Waals surface area contributed by atoms with E-state index in [0.29, 0.717) is 0 Å². The van der Waals surface area contributed by atoms with Gasteiger partial charge in [-0.15, -0.1) is 0 Å². The molecule has 0 N–H and O–H groups in total. The minimum Gasteiger partial charge on any atom is -0.454 e. The first-order valence-electron chi connectivity index (χ1n) is 4.42. The third kappa shape index (κ3) is 1.94. The van der Waals surface area contributed by atoms with Gasteiger partial charge in [-0.25, -0.2) is 0 Å². The summed E-state index contributed by atoms with van der Waals surface area (Å²) in [4.78, 5) is 11.3. The number of carbonyl (C=O) groups excluding carboxylic acids is 1. The monoisotopic (exact) mass is 195 g/mol. The molecule has 3 unspecified atom stereocenters. The minimum atomic E-state index is -0.637. The first-order chi connectivity index (χ1) is 6.60. The topological polar surface area (TPSA) is 59.3 Å². The molecular formula is C10H13NO3. The predicted octanol–water partition coefficient (Wildman–Crippen LogP) is 1.24. The van der Waals surface area contributed by atoms with Gasteiger partial charge >= 0.3 is 0 Å². The van der Waals surface area contributed by atoms with E-state index in [-0.39, 0.29) is 23.4 Å². The fraction of sp³-hybridized carbons (Fsp3) is 0.600. The van der Waals surface area contributed by atoms with Gasteiger partial charge in [0.05, 0.1) is 5.92 Å². The fourth-order valence-electron chi connectivity index (χ4n) is 1.65. The summed E-state index contributed by atoms with van der Waals surface area (Å²) >= 11 is 0. The van der Waals surface area contributed by atoms with Gasteiger partial charge in [-0.05, 0) is 18.9 Å².